The van der Waals surface area contributed by atoms with Crippen LogP contribution in [-0.4, -0.2) is 30.2 Å². The van der Waals surface area contributed by atoms with Gasteiger partial charge in [-0.1, -0.05) is 28.9 Å². The number of benzene rings is 2. The quantitative estimate of drug-likeness (QED) is 0.344. The van der Waals surface area contributed by atoms with Crippen LogP contribution in [0.5, 0.6) is 0 Å². The number of piperidine rings is 1. The Labute approximate surface area is 157 Å². The molecule has 0 saturated carbocycles. The second-order valence-corrected chi connectivity index (χ2v) is 6.53. The van der Waals surface area contributed by atoms with Crippen LogP contribution in [0.25, 0.3) is 0 Å². The summed E-state index contributed by atoms with van der Waals surface area (Å²) >= 11 is 0. The molecular weight excluding hydrogens is 346 g/mol. The minimum Gasteiger partial charge on any atom is -0.366 e. The van der Waals surface area contributed by atoms with Crippen LogP contribution in [0.3, 0.4) is 0 Å². The molecule has 1 fully saturated rings. The lowest BCUT2D eigenvalue weighted by Gasteiger charge is -2.28. The van der Waals surface area contributed by atoms with Gasteiger partial charge in [-0.05, 0) is 44.4 Å². The first-order valence-corrected chi connectivity index (χ1v) is 8.89. The van der Waals surface area contributed by atoms with E-state index in [0.717, 1.165) is 37.9 Å². The van der Waals surface area contributed by atoms with E-state index in [2.05, 4.69) is 5.16 Å². The fourth-order valence-electron chi connectivity index (χ4n) is 3.05. The molecule has 0 N–H and O–H groups in total. The van der Waals surface area contributed by atoms with E-state index in [0.29, 0.717) is 16.8 Å². The van der Waals surface area contributed by atoms with Crippen LogP contribution in [0.4, 0.5) is 11.4 Å². The molecule has 27 heavy (non-hydrogen) atoms. The van der Waals surface area contributed by atoms with Crippen LogP contribution in [0, 0.1) is 17.0 Å². The number of nitro benzene ring substituents is 1. The molecule has 3 rings (SSSR count). The van der Waals surface area contributed by atoms with Gasteiger partial charge in [-0.25, -0.2) is 4.79 Å². The van der Waals surface area contributed by atoms with Crippen molar-refractivity contribution >= 4 is 23.6 Å². The van der Waals surface area contributed by atoms with Crippen LogP contribution in [0.15, 0.2) is 47.6 Å². The minimum absolute atomic E-state index is 0.0331. The number of carbonyl (C=O) groups is 1. The number of carbonyl (C=O) groups excluding carboxylic acids is 1. The smallest absolute Gasteiger partial charge is 0.365 e. The highest BCUT2D eigenvalue weighted by Crippen LogP contribution is 2.30. The molecular formula is C20H21N3O4. The van der Waals surface area contributed by atoms with Crippen molar-refractivity contribution in [3.05, 3.63) is 69.3 Å². The number of rotatable bonds is 5. The average molecular weight is 367 g/mol. The van der Waals surface area contributed by atoms with Crippen molar-refractivity contribution < 1.29 is 14.6 Å². The van der Waals surface area contributed by atoms with Gasteiger partial charge < -0.3 is 9.74 Å². The molecule has 2 aromatic rings. The number of nitro groups is 1. The molecule has 0 radical (unpaired) electrons. The summed E-state index contributed by atoms with van der Waals surface area (Å²) in [5.74, 6) is -0.578. The SMILES string of the molecule is Cc1ccc(C(=O)O/N=C\c2ccc(N3CCCCC3)c([N+](=O)[O-])c2)cc1. The number of aryl methyl sites for hydroxylation is 1. The normalized spacial score (nSPS) is 14.3. The van der Waals surface area contributed by atoms with E-state index in [1.54, 1.807) is 24.3 Å². The number of oxime groups is 1. The van der Waals surface area contributed by atoms with Crippen LogP contribution in [0.1, 0.15) is 40.7 Å². The third kappa shape index (κ3) is 4.69. The summed E-state index contributed by atoms with van der Waals surface area (Å²) in [4.78, 5) is 29.9. The molecule has 140 valence electrons. The molecule has 7 nitrogen and oxygen atoms in total. The van der Waals surface area contributed by atoms with Gasteiger partial charge in [0, 0.05) is 24.7 Å². The molecule has 0 aromatic heterocycles. The summed E-state index contributed by atoms with van der Waals surface area (Å²) < 4.78 is 0. The summed E-state index contributed by atoms with van der Waals surface area (Å²) in [6.07, 6.45) is 4.53. The first-order valence-electron chi connectivity index (χ1n) is 8.89. The number of hydrogen-bond donors (Lipinski definition) is 0. The third-order valence-corrected chi connectivity index (χ3v) is 4.52. The Morgan fingerprint density at radius 3 is 2.52 bits per heavy atom. The minimum atomic E-state index is -0.578. The van der Waals surface area contributed by atoms with E-state index in [9.17, 15) is 14.9 Å². The van der Waals surface area contributed by atoms with Crippen molar-refractivity contribution in [1.82, 2.24) is 0 Å². The van der Waals surface area contributed by atoms with Gasteiger partial charge in [-0.2, -0.15) is 0 Å². The van der Waals surface area contributed by atoms with Gasteiger partial charge >= 0.3 is 5.97 Å². The van der Waals surface area contributed by atoms with E-state index in [1.807, 2.05) is 24.0 Å². The third-order valence-electron chi connectivity index (χ3n) is 4.52. The highest BCUT2D eigenvalue weighted by molar-refractivity contribution is 5.90. The number of hydrogen-bond acceptors (Lipinski definition) is 6. The van der Waals surface area contributed by atoms with E-state index in [4.69, 9.17) is 4.84 Å². The first-order chi connectivity index (χ1) is 13.0. The highest BCUT2D eigenvalue weighted by Gasteiger charge is 2.21. The first kappa shape index (κ1) is 18.6. The molecule has 0 bridgehead atoms. The van der Waals surface area contributed by atoms with Crippen LogP contribution in [0.2, 0.25) is 0 Å². The highest BCUT2D eigenvalue weighted by atomic mass is 16.7. The maximum Gasteiger partial charge on any atom is 0.365 e. The van der Waals surface area contributed by atoms with Gasteiger partial charge in [0.05, 0.1) is 16.7 Å². The molecule has 7 heteroatoms. The van der Waals surface area contributed by atoms with Crippen molar-refractivity contribution in [1.29, 1.82) is 0 Å². The Morgan fingerprint density at radius 1 is 1.15 bits per heavy atom. The Morgan fingerprint density at radius 2 is 1.85 bits per heavy atom. The monoisotopic (exact) mass is 367 g/mol. The molecule has 1 heterocycles. The lowest BCUT2D eigenvalue weighted by atomic mass is 10.1. The second-order valence-electron chi connectivity index (χ2n) is 6.53. The molecule has 0 unspecified atom stereocenters. The Balaban J connectivity index is 1.71. The van der Waals surface area contributed by atoms with Crippen molar-refractivity contribution in [3.8, 4) is 0 Å². The zero-order valence-corrected chi connectivity index (χ0v) is 15.1. The number of anilines is 1. The molecule has 0 atom stereocenters. The predicted molar refractivity (Wildman–Crippen MR) is 103 cm³/mol. The Hall–Kier alpha value is -3.22. The van der Waals surface area contributed by atoms with Crippen LogP contribution >= 0.6 is 0 Å². The standard InChI is InChI=1S/C20H21N3O4/c1-15-5-8-17(9-6-15)20(24)27-21-14-16-7-10-18(19(13-16)23(25)26)22-11-3-2-4-12-22/h5-10,13-14H,2-4,11-12H2,1H3/b21-14-. The van der Waals surface area contributed by atoms with Crippen LogP contribution in [-0.2, 0) is 4.84 Å². The molecule has 1 aliphatic heterocycles. The summed E-state index contributed by atoms with van der Waals surface area (Å²) in [6.45, 7) is 3.57. The average Bonchev–Trinajstić information content (AvgIpc) is 2.69. The van der Waals surface area contributed by atoms with Gasteiger partial charge in [-0.3, -0.25) is 10.1 Å². The number of nitrogens with zero attached hydrogens (tertiary/aromatic N) is 3. The lowest BCUT2D eigenvalue weighted by molar-refractivity contribution is -0.384. The van der Waals surface area contributed by atoms with E-state index in [1.165, 1.54) is 12.3 Å². The molecule has 1 aliphatic rings. The van der Waals surface area contributed by atoms with Crippen molar-refractivity contribution in [2.75, 3.05) is 18.0 Å². The maximum atomic E-state index is 11.9. The van der Waals surface area contributed by atoms with E-state index >= 15 is 0 Å². The Kier molecular flexibility index (Phi) is 5.80. The zero-order valence-electron chi connectivity index (χ0n) is 15.1. The van der Waals surface area contributed by atoms with Gasteiger partial charge in [0.25, 0.3) is 5.69 Å². The fraction of sp³-hybridized carbons (Fsp3) is 0.300. The summed E-state index contributed by atoms with van der Waals surface area (Å²) in [5, 5.41) is 15.1. The maximum absolute atomic E-state index is 11.9. The molecule has 0 spiro atoms. The second kappa shape index (κ2) is 8.44. The Bertz CT molecular complexity index is 856. The molecule has 2 aromatic carbocycles. The van der Waals surface area contributed by atoms with E-state index < -0.39 is 5.97 Å². The summed E-state index contributed by atoms with van der Waals surface area (Å²) in [5.41, 5.74) is 2.58. The topological polar surface area (TPSA) is 85.0 Å². The molecule has 0 aliphatic carbocycles. The van der Waals surface area contributed by atoms with Crippen molar-refractivity contribution in [2.45, 2.75) is 26.2 Å². The molecule has 1 saturated heterocycles. The largest absolute Gasteiger partial charge is 0.366 e. The van der Waals surface area contributed by atoms with Gasteiger partial charge in [0.1, 0.15) is 5.69 Å². The summed E-state index contributed by atoms with van der Waals surface area (Å²) in [7, 11) is 0. The van der Waals surface area contributed by atoms with Crippen molar-refractivity contribution in [2.24, 2.45) is 5.16 Å². The van der Waals surface area contributed by atoms with Gasteiger partial charge in [0.15, 0.2) is 0 Å². The predicted octanol–water partition coefficient (Wildman–Crippen LogP) is 4.08. The summed E-state index contributed by atoms with van der Waals surface area (Å²) in [6, 6.07) is 11.8. The van der Waals surface area contributed by atoms with E-state index in [-0.39, 0.29) is 10.6 Å². The van der Waals surface area contributed by atoms with Crippen LogP contribution < -0.4 is 4.90 Å². The molecule has 0 amide bonds. The fourth-order valence-corrected chi connectivity index (χ4v) is 3.05. The van der Waals surface area contributed by atoms with Gasteiger partial charge in [-0.15, -0.1) is 0 Å². The lowest BCUT2D eigenvalue weighted by Crippen LogP contribution is -2.29. The zero-order chi connectivity index (χ0) is 19.2. The van der Waals surface area contributed by atoms with Gasteiger partial charge in [0.2, 0.25) is 0 Å². The van der Waals surface area contributed by atoms with Crippen molar-refractivity contribution in [3.63, 3.8) is 0 Å².